The minimum atomic E-state index is 0.180. The van der Waals surface area contributed by atoms with Gasteiger partial charge >= 0.3 is 0 Å². The number of nitrogens with one attached hydrogen (secondary N) is 2. The second-order valence-electron chi connectivity index (χ2n) is 6.81. The summed E-state index contributed by atoms with van der Waals surface area (Å²) in [5, 5.41) is 6.86. The molecule has 2 N–H and O–H groups in total. The molecule has 1 aromatic rings. The summed E-state index contributed by atoms with van der Waals surface area (Å²) in [6, 6.07) is 8.62. The molecule has 0 saturated carbocycles. The lowest BCUT2D eigenvalue weighted by Gasteiger charge is -2.34. The number of aliphatic imine (C=N–C) groups is 1. The van der Waals surface area contributed by atoms with Gasteiger partial charge in [-0.05, 0) is 43.4 Å². The van der Waals surface area contributed by atoms with Crippen molar-refractivity contribution in [2.24, 2.45) is 10.9 Å². The zero-order chi connectivity index (χ0) is 18.9. The van der Waals surface area contributed by atoms with Gasteiger partial charge in [-0.15, -0.1) is 0 Å². The maximum Gasteiger partial charge on any atom is 0.225 e. The average molecular weight is 423 g/mol. The van der Waals surface area contributed by atoms with Crippen LogP contribution in [0.15, 0.2) is 33.7 Å². The van der Waals surface area contributed by atoms with Gasteiger partial charge in [-0.1, -0.05) is 41.9 Å². The number of benzene rings is 1. The van der Waals surface area contributed by atoms with Crippen molar-refractivity contribution in [1.29, 1.82) is 0 Å². The summed E-state index contributed by atoms with van der Waals surface area (Å²) in [7, 11) is 1.79. The Hall–Kier alpha value is -1.56. The maximum absolute atomic E-state index is 12.5. The van der Waals surface area contributed by atoms with Crippen LogP contribution in [-0.2, 0) is 11.3 Å². The zero-order valence-corrected chi connectivity index (χ0v) is 17.7. The minimum Gasteiger partial charge on any atom is -0.354 e. The molecule has 1 aliphatic heterocycles. The fourth-order valence-electron chi connectivity index (χ4n) is 3.32. The van der Waals surface area contributed by atoms with Gasteiger partial charge in [0.25, 0.3) is 0 Å². The monoisotopic (exact) mass is 422 g/mol. The van der Waals surface area contributed by atoms with Crippen LogP contribution in [0.1, 0.15) is 45.1 Å². The summed E-state index contributed by atoms with van der Waals surface area (Å²) in [6.07, 6.45) is 3.79. The molecule has 5 nitrogen and oxygen atoms in total. The first-order chi connectivity index (χ1) is 12.6. The number of guanidine groups is 1. The van der Waals surface area contributed by atoms with Gasteiger partial charge in [0.2, 0.25) is 5.91 Å². The molecule has 1 aromatic carbocycles. The van der Waals surface area contributed by atoms with Crippen LogP contribution >= 0.6 is 15.9 Å². The van der Waals surface area contributed by atoms with Crippen molar-refractivity contribution in [3.8, 4) is 0 Å². The first-order valence-electron chi connectivity index (χ1n) is 9.57. The Bertz CT molecular complexity index is 590. The molecule has 26 heavy (non-hydrogen) atoms. The Kier molecular flexibility index (Phi) is 8.42. The third-order valence-corrected chi connectivity index (χ3v) is 5.61. The van der Waals surface area contributed by atoms with Crippen molar-refractivity contribution in [2.75, 3.05) is 20.1 Å². The third-order valence-electron chi connectivity index (χ3n) is 5.08. The van der Waals surface area contributed by atoms with E-state index in [1.54, 1.807) is 7.05 Å². The topological polar surface area (TPSA) is 56.7 Å². The molecule has 1 aliphatic rings. The van der Waals surface area contributed by atoms with Gasteiger partial charge in [0.1, 0.15) is 0 Å². The standard InChI is InChI=1S/C20H31BrN4O/c1-4-16(5-2)19(26)25-12-10-18(11-13-25)24-20(22-3)23-14-15-6-8-17(21)9-7-15/h6-9,16,18H,4-5,10-14H2,1-3H3,(H2,22,23,24). The van der Waals surface area contributed by atoms with Crippen LogP contribution in [0.4, 0.5) is 0 Å². The molecule has 2 rings (SSSR count). The van der Waals surface area contributed by atoms with Crippen LogP contribution < -0.4 is 10.6 Å². The number of likely N-dealkylation sites (tertiary alicyclic amines) is 1. The van der Waals surface area contributed by atoms with Crippen LogP contribution in [0.25, 0.3) is 0 Å². The van der Waals surface area contributed by atoms with E-state index in [9.17, 15) is 4.79 Å². The van der Waals surface area contributed by atoms with E-state index >= 15 is 0 Å². The quantitative estimate of drug-likeness (QED) is 0.544. The smallest absolute Gasteiger partial charge is 0.225 e. The highest BCUT2D eigenvalue weighted by Gasteiger charge is 2.26. The number of hydrogen-bond donors (Lipinski definition) is 2. The number of halogens is 1. The highest BCUT2D eigenvalue weighted by atomic mass is 79.9. The summed E-state index contributed by atoms with van der Waals surface area (Å²) < 4.78 is 1.08. The third kappa shape index (κ3) is 6.01. The largest absolute Gasteiger partial charge is 0.354 e. The molecule has 1 saturated heterocycles. The predicted molar refractivity (Wildman–Crippen MR) is 111 cm³/mol. The first kappa shape index (κ1) is 20.7. The lowest BCUT2D eigenvalue weighted by molar-refractivity contribution is -0.136. The minimum absolute atomic E-state index is 0.180. The molecule has 0 atom stereocenters. The Labute approximate surface area is 165 Å². The number of carbonyl (C=O) groups is 1. The number of amides is 1. The molecule has 1 heterocycles. The Morgan fingerprint density at radius 1 is 1.23 bits per heavy atom. The lowest BCUT2D eigenvalue weighted by Crippen LogP contribution is -2.50. The normalized spacial score (nSPS) is 16.0. The fourth-order valence-corrected chi connectivity index (χ4v) is 3.58. The van der Waals surface area contributed by atoms with Gasteiger partial charge in [-0.25, -0.2) is 0 Å². The predicted octanol–water partition coefficient (Wildman–Crippen LogP) is 3.54. The Morgan fingerprint density at radius 3 is 2.38 bits per heavy atom. The molecule has 0 aromatic heterocycles. The SMILES string of the molecule is CCC(CC)C(=O)N1CCC(NC(=NC)NCc2ccc(Br)cc2)CC1. The number of rotatable bonds is 6. The molecule has 0 radical (unpaired) electrons. The summed E-state index contributed by atoms with van der Waals surface area (Å²) in [5.74, 6) is 1.32. The Morgan fingerprint density at radius 2 is 1.85 bits per heavy atom. The van der Waals surface area contributed by atoms with Crippen molar-refractivity contribution in [3.63, 3.8) is 0 Å². The molecule has 144 valence electrons. The lowest BCUT2D eigenvalue weighted by atomic mass is 9.98. The average Bonchev–Trinajstić information content (AvgIpc) is 2.67. The van der Waals surface area contributed by atoms with Crippen molar-refractivity contribution >= 4 is 27.8 Å². The molecular formula is C20H31BrN4O. The second kappa shape index (κ2) is 10.6. The van der Waals surface area contributed by atoms with E-state index in [1.807, 2.05) is 17.0 Å². The molecule has 1 fully saturated rings. The molecular weight excluding hydrogens is 392 g/mol. The van der Waals surface area contributed by atoms with Crippen LogP contribution in [0, 0.1) is 5.92 Å². The molecule has 0 spiro atoms. The van der Waals surface area contributed by atoms with Crippen molar-refractivity contribution in [1.82, 2.24) is 15.5 Å². The van der Waals surface area contributed by atoms with E-state index < -0.39 is 0 Å². The van der Waals surface area contributed by atoms with Crippen molar-refractivity contribution < 1.29 is 4.79 Å². The molecule has 1 amide bonds. The van der Waals surface area contributed by atoms with Crippen LogP contribution in [0.5, 0.6) is 0 Å². The van der Waals surface area contributed by atoms with Gasteiger partial charge in [-0.3, -0.25) is 9.79 Å². The van der Waals surface area contributed by atoms with E-state index in [-0.39, 0.29) is 5.92 Å². The highest BCUT2D eigenvalue weighted by Crippen LogP contribution is 2.17. The van der Waals surface area contributed by atoms with Crippen LogP contribution in [0.3, 0.4) is 0 Å². The summed E-state index contributed by atoms with van der Waals surface area (Å²) in [5.41, 5.74) is 1.21. The van der Waals surface area contributed by atoms with Crippen molar-refractivity contribution in [2.45, 2.75) is 52.1 Å². The molecule has 6 heteroatoms. The number of piperidine rings is 1. The van der Waals surface area contributed by atoms with Crippen LogP contribution in [0.2, 0.25) is 0 Å². The summed E-state index contributed by atoms with van der Waals surface area (Å²) in [4.78, 5) is 18.9. The van der Waals surface area contributed by atoms with Gasteiger partial charge < -0.3 is 15.5 Å². The molecule has 0 unspecified atom stereocenters. The van der Waals surface area contributed by atoms with Crippen LogP contribution in [-0.4, -0.2) is 42.9 Å². The highest BCUT2D eigenvalue weighted by molar-refractivity contribution is 9.10. The zero-order valence-electron chi connectivity index (χ0n) is 16.1. The molecule has 0 bridgehead atoms. The van der Waals surface area contributed by atoms with E-state index in [0.717, 1.165) is 55.7 Å². The van der Waals surface area contributed by atoms with E-state index in [4.69, 9.17) is 0 Å². The van der Waals surface area contributed by atoms with Crippen molar-refractivity contribution in [3.05, 3.63) is 34.3 Å². The summed E-state index contributed by atoms with van der Waals surface area (Å²) in [6.45, 7) is 6.59. The second-order valence-corrected chi connectivity index (χ2v) is 7.73. The fraction of sp³-hybridized carbons (Fsp3) is 0.600. The van der Waals surface area contributed by atoms with Gasteiger partial charge in [0.05, 0.1) is 0 Å². The van der Waals surface area contributed by atoms with Gasteiger partial charge in [0, 0.05) is 43.1 Å². The maximum atomic E-state index is 12.5. The Balaban J connectivity index is 1.78. The van der Waals surface area contributed by atoms with Gasteiger partial charge in [0.15, 0.2) is 5.96 Å². The van der Waals surface area contributed by atoms with E-state index in [0.29, 0.717) is 11.9 Å². The van der Waals surface area contributed by atoms with E-state index in [2.05, 4.69) is 57.5 Å². The first-order valence-corrected chi connectivity index (χ1v) is 10.4. The van der Waals surface area contributed by atoms with Gasteiger partial charge in [-0.2, -0.15) is 0 Å². The summed E-state index contributed by atoms with van der Waals surface area (Å²) >= 11 is 3.45. The molecule has 0 aliphatic carbocycles. The van der Waals surface area contributed by atoms with E-state index in [1.165, 1.54) is 5.56 Å². The number of hydrogen-bond acceptors (Lipinski definition) is 2. The number of carbonyl (C=O) groups excluding carboxylic acids is 1. The number of nitrogens with zero attached hydrogens (tertiary/aromatic N) is 2.